The number of hydrogen-bond acceptors (Lipinski definition) is 7. The van der Waals surface area contributed by atoms with Gasteiger partial charge in [-0.05, 0) is 36.8 Å². The van der Waals surface area contributed by atoms with E-state index in [1.54, 1.807) is 18.2 Å². The predicted octanol–water partition coefficient (Wildman–Crippen LogP) is 1.02. The summed E-state index contributed by atoms with van der Waals surface area (Å²) in [6.07, 6.45) is 2.93. The van der Waals surface area contributed by atoms with Crippen molar-refractivity contribution in [3.05, 3.63) is 29.8 Å². The van der Waals surface area contributed by atoms with E-state index in [4.69, 9.17) is 14.2 Å². The van der Waals surface area contributed by atoms with Crippen molar-refractivity contribution in [2.24, 2.45) is 5.92 Å². The van der Waals surface area contributed by atoms with E-state index in [0.717, 1.165) is 11.0 Å². The number of nitrogens with one attached hydrogen (secondary N) is 1. The first-order chi connectivity index (χ1) is 13.4. The minimum atomic E-state index is -1.62. The zero-order valence-electron chi connectivity index (χ0n) is 15.9. The minimum Gasteiger partial charge on any atom is -0.497 e. The van der Waals surface area contributed by atoms with Gasteiger partial charge in [-0.3, -0.25) is 24.6 Å². The largest absolute Gasteiger partial charge is 0.497 e. The molecule has 4 amide bonds. The van der Waals surface area contributed by atoms with Gasteiger partial charge in [-0.25, -0.2) is 4.79 Å². The molecular formula is C19H22N2O7. The van der Waals surface area contributed by atoms with Crippen LogP contribution in [0.2, 0.25) is 0 Å². The van der Waals surface area contributed by atoms with Crippen LogP contribution in [0.1, 0.15) is 12.0 Å². The van der Waals surface area contributed by atoms with Crippen LogP contribution in [0, 0.1) is 5.92 Å². The summed E-state index contributed by atoms with van der Waals surface area (Å²) < 4.78 is 15.2. The lowest BCUT2D eigenvalue weighted by atomic mass is 9.98. The van der Waals surface area contributed by atoms with Gasteiger partial charge in [0.2, 0.25) is 5.91 Å². The molecule has 0 aromatic heterocycles. The molecule has 28 heavy (non-hydrogen) atoms. The molecule has 0 saturated carbocycles. The predicted molar refractivity (Wildman–Crippen MR) is 98.8 cm³/mol. The molecule has 1 saturated heterocycles. The molecule has 1 aromatic rings. The molecule has 0 aliphatic carbocycles. The van der Waals surface area contributed by atoms with E-state index in [-0.39, 0.29) is 6.54 Å². The molecule has 0 bridgehead atoms. The fraction of sp³-hybridized carbons (Fsp3) is 0.368. The Morgan fingerprint density at radius 2 is 1.93 bits per heavy atom. The molecule has 1 heterocycles. The average Bonchev–Trinajstić information content (AvgIpc) is 2.68. The Kier molecular flexibility index (Phi) is 7.28. The van der Waals surface area contributed by atoms with Crippen LogP contribution < -0.4 is 14.8 Å². The number of amides is 4. The fourth-order valence-corrected chi connectivity index (χ4v) is 2.68. The van der Waals surface area contributed by atoms with Crippen molar-refractivity contribution >= 4 is 29.7 Å². The number of imide groups is 2. The number of benzene rings is 1. The molecule has 0 spiro atoms. The summed E-state index contributed by atoms with van der Waals surface area (Å²) in [5.74, 6) is -3.11. The van der Waals surface area contributed by atoms with Gasteiger partial charge in [-0.1, -0.05) is 0 Å². The normalized spacial score (nSPS) is 17.0. The Bertz CT molecular complexity index is 803. The first-order valence-electron chi connectivity index (χ1n) is 8.52. The highest BCUT2D eigenvalue weighted by atomic mass is 16.5. The number of rotatable bonds is 9. The maximum absolute atomic E-state index is 12.5. The Morgan fingerprint density at radius 1 is 1.18 bits per heavy atom. The van der Waals surface area contributed by atoms with Crippen LogP contribution in [-0.2, 0) is 19.1 Å². The summed E-state index contributed by atoms with van der Waals surface area (Å²) in [7, 11) is 4.47. The highest BCUT2D eigenvalue weighted by Crippen LogP contribution is 2.25. The molecule has 0 unspecified atom stereocenters. The molecule has 150 valence electrons. The molecule has 1 fully saturated rings. The van der Waals surface area contributed by atoms with Gasteiger partial charge in [0.1, 0.15) is 11.5 Å². The van der Waals surface area contributed by atoms with Crippen molar-refractivity contribution < 1.29 is 33.4 Å². The van der Waals surface area contributed by atoms with E-state index in [2.05, 4.69) is 0 Å². The molecule has 9 nitrogen and oxygen atoms in total. The molecule has 9 heteroatoms. The molecule has 1 atom stereocenters. The molecule has 1 aliphatic rings. The second-order valence-corrected chi connectivity index (χ2v) is 5.91. The van der Waals surface area contributed by atoms with Crippen LogP contribution in [-0.4, -0.2) is 63.0 Å². The van der Waals surface area contributed by atoms with Gasteiger partial charge in [0.25, 0.3) is 5.91 Å². The maximum Gasteiger partial charge on any atom is 0.330 e. The summed E-state index contributed by atoms with van der Waals surface area (Å²) in [4.78, 5) is 49.8. The van der Waals surface area contributed by atoms with E-state index in [1.165, 1.54) is 27.4 Å². The first-order valence-corrected chi connectivity index (χ1v) is 8.52. The average molecular weight is 390 g/mol. The quantitative estimate of drug-likeness (QED) is 0.381. The molecule has 2 rings (SSSR count). The number of carbonyl (C=O) groups excluding carboxylic acids is 4. The van der Waals surface area contributed by atoms with Crippen molar-refractivity contribution in [2.75, 3.05) is 34.5 Å². The number of ether oxygens (including phenoxy) is 3. The zero-order valence-corrected chi connectivity index (χ0v) is 15.9. The monoisotopic (exact) mass is 390 g/mol. The van der Waals surface area contributed by atoms with Crippen molar-refractivity contribution in [3.63, 3.8) is 0 Å². The molecule has 1 aliphatic heterocycles. The van der Waals surface area contributed by atoms with Crippen molar-refractivity contribution in [3.8, 4) is 11.5 Å². The van der Waals surface area contributed by atoms with Crippen molar-refractivity contribution in [1.82, 2.24) is 10.2 Å². The number of carbonyl (C=O) groups is 4. The number of methoxy groups -OCH3 is 3. The maximum atomic E-state index is 12.5. The van der Waals surface area contributed by atoms with E-state index >= 15 is 0 Å². The van der Waals surface area contributed by atoms with Gasteiger partial charge in [0, 0.05) is 25.8 Å². The third-order valence-corrected chi connectivity index (χ3v) is 4.13. The van der Waals surface area contributed by atoms with Crippen LogP contribution in [0.15, 0.2) is 24.3 Å². The number of ketones is 1. The van der Waals surface area contributed by atoms with Crippen LogP contribution in [0.4, 0.5) is 4.79 Å². The lowest BCUT2D eigenvalue weighted by Crippen LogP contribution is -2.59. The highest BCUT2D eigenvalue weighted by Gasteiger charge is 2.43. The zero-order chi connectivity index (χ0) is 20.7. The van der Waals surface area contributed by atoms with Crippen molar-refractivity contribution in [1.29, 1.82) is 0 Å². The molecule has 1 N–H and O–H groups in total. The van der Waals surface area contributed by atoms with Crippen LogP contribution in [0.5, 0.6) is 11.5 Å². The van der Waals surface area contributed by atoms with Crippen molar-refractivity contribution in [2.45, 2.75) is 6.42 Å². The number of barbiturate groups is 1. The van der Waals surface area contributed by atoms with Crippen LogP contribution in [0.25, 0.3) is 6.08 Å². The third kappa shape index (κ3) is 4.74. The second-order valence-electron chi connectivity index (χ2n) is 5.91. The molecule has 0 radical (unpaired) electrons. The summed E-state index contributed by atoms with van der Waals surface area (Å²) >= 11 is 0. The SMILES string of the molecule is COCCCN1C(=O)NC(=O)[C@@H](C(=O)/C=C/c2cc(OC)ccc2OC)C1=O. The van der Waals surface area contributed by atoms with Gasteiger partial charge in [0.05, 0.1) is 14.2 Å². The summed E-state index contributed by atoms with van der Waals surface area (Å²) in [6, 6.07) is 4.16. The number of allylic oxidation sites excluding steroid dienone is 1. The summed E-state index contributed by atoms with van der Waals surface area (Å²) in [5, 5.41) is 2.04. The summed E-state index contributed by atoms with van der Waals surface area (Å²) in [5.41, 5.74) is 0.534. The minimum absolute atomic E-state index is 0.0446. The van der Waals surface area contributed by atoms with E-state index in [1.807, 2.05) is 5.32 Å². The smallest absolute Gasteiger partial charge is 0.330 e. The van der Waals surface area contributed by atoms with E-state index < -0.39 is 29.5 Å². The Labute approximate surface area is 162 Å². The summed E-state index contributed by atoms with van der Waals surface area (Å²) in [6.45, 7) is 0.377. The second kappa shape index (κ2) is 9.65. The van der Waals surface area contributed by atoms with E-state index in [0.29, 0.717) is 30.1 Å². The Hall–Kier alpha value is -3.20. The number of hydrogen-bond donors (Lipinski definition) is 1. The van der Waals surface area contributed by atoms with Gasteiger partial charge < -0.3 is 14.2 Å². The highest BCUT2D eigenvalue weighted by molar-refractivity contribution is 6.28. The standard InChI is InChI=1S/C19H22N2O7/c1-26-10-4-9-21-18(24)16(17(23)20-19(21)25)14(22)7-5-12-11-13(27-2)6-8-15(12)28-3/h5-8,11,16H,4,9-10H2,1-3H3,(H,20,23,25)/b7-5+/t16-/m1/s1. The van der Waals surface area contributed by atoms with Crippen LogP contribution >= 0.6 is 0 Å². The van der Waals surface area contributed by atoms with Gasteiger partial charge in [-0.2, -0.15) is 0 Å². The lowest BCUT2D eigenvalue weighted by Gasteiger charge is -2.28. The van der Waals surface area contributed by atoms with Gasteiger partial charge in [0.15, 0.2) is 11.7 Å². The van der Waals surface area contributed by atoms with Gasteiger partial charge in [-0.15, -0.1) is 0 Å². The topological polar surface area (TPSA) is 111 Å². The fourth-order valence-electron chi connectivity index (χ4n) is 2.68. The van der Waals surface area contributed by atoms with Gasteiger partial charge >= 0.3 is 6.03 Å². The molecular weight excluding hydrogens is 368 g/mol. The number of nitrogens with zero attached hydrogens (tertiary/aromatic N) is 1. The Balaban J connectivity index is 2.20. The molecule has 1 aromatic carbocycles. The number of urea groups is 1. The van der Waals surface area contributed by atoms with E-state index in [9.17, 15) is 19.2 Å². The van der Waals surface area contributed by atoms with Crippen LogP contribution in [0.3, 0.4) is 0 Å². The third-order valence-electron chi connectivity index (χ3n) is 4.13. The first kappa shape index (κ1) is 21.1. The lowest BCUT2D eigenvalue weighted by molar-refractivity contribution is -0.146. The Morgan fingerprint density at radius 3 is 2.57 bits per heavy atom.